The zero-order chi connectivity index (χ0) is 21.4. The van der Waals surface area contributed by atoms with Crippen LogP contribution in [0.1, 0.15) is 71.9 Å². The highest BCUT2D eigenvalue weighted by Crippen LogP contribution is 2.26. The number of carboxylic acid groups (broad SMARTS) is 1. The monoisotopic (exact) mass is 391 g/mol. The van der Waals surface area contributed by atoms with Gasteiger partial charge in [0.1, 0.15) is 5.58 Å². The lowest BCUT2D eigenvalue weighted by atomic mass is 9.90. The summed E-state index contributed by atoms with van der Waals surface area (Å²) in [5.74, 6) is 0.844. The molecule has 0 radical (unpaired) electrons. The van der Waals surface area contributed by atoms with Gasteiger partial charge in [-0.2, -0.15) is 0 Å². The number of nitrogens with zero attached hydrogens (tertiary/aromatic N) is 1. The molecule has 0 saturated carbocycles. The number of aryl methyl sites for hydroxylation is 1. The van der Waals surface area contributed by atoms with E-state index in [1.807, 2.05) is 34.0 Å². The average Bonchev–Trinajstić information content (AvgIpc) is 3.16. The lowest BCUT2D eigenvalue weighted by Crippen LogP contribution is -2.34. The Kier molecular flexibility index (Phi) is 15.1. The van der Waals surface area contributed by atoms with E-state index in [0.717, 1.165) is 17.9 Å². The number of carbonyl (C=O) groups is 1. The molecule has 0 amide bonds. The maximum absolute atomic E-state index is 8.36. The predicted molar refractivity (Wildman–Crippen MR) is 120 cm³/mol. The van der Waals surface area contributed by atoms with E-state index in [4.69, 9.17) is 14.3 Å². The average molecular weight is 392 g/mol. The van der Waals surface area contributed by atoms with Crippen molar-refractivity contribution in [3.8, 4) is 0 Å². The number of benzene rings is 1. The lowest BCUT2D eigenvalue weighted by molar-refractivity contribution is -0.122. The fraction of sp³-hybridized carbons (Fsp3) is 0.625. The van der Waals surface area contributed by atoms with Crippen molar-refractivity contribution in [2.75, 3.05) is 19.6 Å². The molecule has 1 aliphatic rings. The molecule has 0 bridgehead atoms. The Bertz CT molecular complexity index is 628. The molecule has 0 atom stereocenters. The van der Waals surface area contributed by atoms with Gasteiger partial charge in [0.2, 0.25) is 0 Å². The molecule has 4 nitrogen and oxygen atoms in total. The molecule has 4 heteroatoms. The maximum atomic E-state index is 8.36. The summed E-state index contributed by atoms with van der Waals surface area (Å²) in [5.41, 5.74) is 3.82. The Labute approximate surface area is 171 Å². The third-order valence-corrected chi connectivity index (χ3v) is 4.87. The number of fused-ring (bicyclic) bond motifs is 1. The van der Waals surface area contributed by atoms with E-state index in [-0.39, 0.29) is 6.47 Å². The van der Waals surface area contributed by atoms with Crippen LogP contribution < -0.4 is 0 Å². The van der Waals surface area contributed by atoms with E-state index < -0.39 is 0 Å². The summed E-state index contributed by atoms with van der Waals surface area (Å²) >= 11 is 0. The van der Waals surface area contributed by atoms with Crippen molar-refractivity contribution >= 4 is 17.4 Å². The van der Waals surface area contributed by atoms with Crippen LogP contribution in [0.25, 0.3) is 11.0 Å². The molecular weight excluding hydrogens is 350 g/mol. The Morgan fingerprint density at radius 2 is 1.75 bits per heavy atom. The standard InChI is InChI=1S/C19H27NO.2C2H6.CH2O2/c1-3-9-20-10-7-15(8-11-20)12-16-5-6-18-17(4-2)14-21-19(18)13-16;2*1-2;2-1-3/h5-6,13-15H,3-4,7-12H2,1-2H3;2*1-2H3;1H,(H,2,3). The molecule has 0 spiro atoms. The molecule has 160 valence electrons. The van der Waals surface area contributed by atoms with Gasteiger partial charge < -0.3 is 14.4 Å². The first-order chi connectivity index (χ1) is 13.7. The van der Waals surface area contributed by atoms with E-state index in [1.54, 1.807) is 0 Å². The fourth-order valence-electron chi connectivity index (χ4n) is 3.59. The second-order valence-corrected chi connectivity index (χ2v) is 6.54. The first-order valence-corrected chi connectivity index (χ1v) is 11.0. The molecule has 2 heterocycles. The molecule has 2 aromatic rings. The normalized spacial score (nSPS) is 14.1. The predicted octanol–water partition coefficient (Wildman–Crippen LogP) is 6.41. The van der Waals surface area contributed by atoms with Crippen LogP contribution in [0.2, 0.25) is 0 Å². The molecule has 1 fully saturated rings. The maximum Gasteiger partial charge on any atom is 0.290 e. The van der Waals surface area contributed by atoms with Crippen molar-refractivity contribution < 1.29 is 14.3 Å². The zero-order valence-electron chi connectivity index (χ0n) is 18.8. The van der Waals surface area contributed by atoms with E-state index in [0.29, 0.717) is 0 Å². The minimum absolute atomic E-state index is 0.250. The van der Waals surface area contributed by atoms with E-state index in [2.05, 4.69) is 36.9 Å². The van der Waals surface area contributed by atoms with Crippen LogP contribution in [0.15, 0.2) is 28.9 Å². The largest absolute Gasteiger partial charge is 0.483 e. The van der Waals surface area contributed by atoms with Gasteiger partial charge >= 0.3 is 0 Å². The SMILES string of the molecule is CC.CC.CCCN1CCC(Cc2ccc3c(CC)coc3c2)CC1.O=CO. The summed E-state index contributed by atoms with van der Waals surface area (Å²) in [6.07, 6.45) is 8.13. The van der Waals surface area contributed by atoms with Gasteiger partial charge in [-0.15, -0.1) is 0 Å². The van der Waals surface area contributed by atoms with Gasteiger partial charge in [-0.3, -0.25) is 4.79 Å². The van der Waals surface area contributed by atoms with Crippen molar-refractivity contribution in [3.63, 3.8) is 0 Å². The Morgan fingerprint density at radius 1 is 1.14 bits per heavy atom. The number of furan rings is 1. The van der Waals surface area contributed by atoms with Crippen molar-refractivity contribution in [2.24, 2.45) is 5.92 Å². The van der Waals surface area contributed by atoms with Crippen LogP contribution in [-0.4, -0.2) is 36.1 Å². The van der Waals surface area contributed by atoms with E-state index in [9.17, 15) is 0 Å². The van der Waals surface area contributed by atoms with Gasteiger partial charge in [-0.05, 0) is 74.8 Å². The number of rotatable bonds is 5. The number of hydrogen-bond acceptors (Lipinski definition) is 3. The van der Waals surface area contributed by atoms with Crippen LogP contribution in [0.5, 0.6) is 0 Å². The molecule has 1 aliphatic heterocycles. The minimum Gasteiger partial charge on any atom is -0.483 e. The first kappa shape index (κ1) is 26.2. The minimum atomic E-state index is -0.250. The fourth-order valence-corrected chi connectivity index (χ4v) is 3.59. The third kappa shape index (κ3) is 8.47. The smallest absolute Gasteiger partial charge is 0.290 e. The van der Waals surface area contributed by atoms with Crippen molar-refractivity contribution in [2.45, 2.75) is 73.6 Å². The van der Waals surface area contributed by atoms with E-state index >= 15 is 0 Å². The quantitative estimate of drug-likeness (QED) is 0.598. The molecule has 28 heavy (non-hydrogen) atoms. The summed E-state index contributed by atoms with van der Waals surface area (Å²) < 4.78 is 5.71. The molecule has 1 aromatic carbocycles. The second kappa shape index (κ2) is 16.2. The van der Waals surface area contributed by atoms with Crippen LogP contribution in [0, 0.1) is 5.92 Å². The first-order valence-electron chi connectivity index (χ1n) is 11.0. The van der Waals surface area contributed by atoms with Gasteiger partial charge in [-0.25, -0.2) is 0 Å². The molecule has 0 aliphatic carbocycles. The van der Waals surface area contributed by atoms with Crippen LogP contribution >= 0.6 is 0 Å². The Morgan fingerprint density at radius 3 is 2.29 bits per heavy atom. The summed E-state index contributed by atoms with van der Waals surface area (Å²) in [6, 6.07) is 6.81. The summed E-state index contributed by atoms with van der Waals surface area (Å²) in [4.78, 5) is 11.0. The summed E-state index contributed by atoms with van der Waals surface area (Å²) in [6.45, 7) is 16.0. The van der Waals surface area contributed by atoms with E-state index in [1.165, 1.54) is 61.8 Å². The molecular formula is C24H41NO3. The van der Waals surface area contributed by atoms with Crippen molar-refractivity contribution in [1.82, 2.24) is 4.90 Å². The van der Waals surface area contributed by atoms with Crippen molar-refractivity contribution in [1.29, 1.82) is 0 Å². The van der Waals surface area contributed by atoms with Gasteiger partial charge in [-0.1, -0.05) is 53.7 Å². The third-order valence-electron chi connectivity index (χ3n) is 4.87. The molecule has 3 rings (SSSR count). The van der Waals surface area contributed by atoms with Gasteiger partial charge in [0, 0.05) is 5.39 Å². The van der Waals surface area contributed by atoms with Gasteiger partial charge in [0.05, 0.1) is 6.26 Å². The van der Waals surface area contributed by atoms with Gasteiger partial charge in [0.25, 0.3) is 6.47 Å². The summed E-state index contributed by atoms with van der Waals surface area (Å²) in [5, 5.41) is 8.18. The second-order valence-electron chi connectivity index (χ2n) is 6.54. The van der Waals surface area contributed by atoms with Gasteiger partial charge in [0.15, 0.2) is 0 Å². The number of hydrogen-bond donors (Lipinski definition) is 1. The lowest BCUT2D eigenvalue weighted by Gasteiger charge is -2.31. The molecule has 0 unspecified atom stereocenters. The highest BCUT2D eigenvalue weighted by atomic mass is 16.3. The Balaban J connectivity index is 0.000000930. The molecule has 1 N–H and O–H groups in total. The molecule has 1 aromatic heterocycles. The van der Waals surface area contributed by atoms with Crippen molar-refractivity contribution in [3.05, 3.63) is 35.6 Å². The highest BCUT2D eigenvalue weighted by molar-refractivity contribution is 5.81. The Hall–Kier alpha value is -1.81. The highest BCUT2D eigenvalue weighted by Gasteiger charge is 2.19. The number of piperidine rings is 1. The summed E-state index contributed by atoms with van der Waals surface area (Å²) in [7, 11) is 0. The van der Waals surface area contributed by atoms with Crippen LogP contribution in [0.4, 0.5) is 0 Å². The zero-order valence-corrected chi connectivity index (χ0v) is 18.8. The van der Waals surface area contributed by atoms with Crippen LogP contribution in [0.3, 0.4) is 0 Å². The number of likely N-dealkylation sites (tertiary alicyclic amines) is 1. The topological polar surface area (TPSA) is 53.7 Å². The molecule has 1 saturated heterocycles. The van der Waals surface area contributed by atoms with Crippen LogP contribution in [-0.2, 0) is 17.6 Å².